The van der Waals surface area contributed by atoms with Crippen molar-refractivity contribution >= 4 is 11.6 Å². The summed E-state index contributed by atoms with van der Waals surface area (Å²) in [6, 6.07) is 3.52. The molecule has 1 aliphatic heterocycles. The first-order valence-corrected chi connectivity index (χ1v) is 5.01. The van der Waals surface area contributed by atoms with E-state index in [9.17, 15) is 5.11 Å². The third kappa shape index (κ3) is 1.90. The fourth-order valence-corrected chi connectivity index (χ4v) is 1.86. The molecule has 0 spiro atoms. The van der Waals surface area contributed by atoms with Crippen molar-refractivity contribution in [3.05, 3.63) is 29.0 Å². The van der Waals surface area contributed by atoms with Gasteiger partial charge in [0.15, 0.2) is 0 Å². The first kappa shape index (κ1) is 9.90. The largest absolute Gasteiger partial charge is 0.385 e. The lowest BCUT2D eigenvalue weighted by molar-refractivity contribution is -0.0679. The van der Waals surface area contributed by atoms with Gasteiger partial charge < -0.3 is 9.84 Å². The Morgan fingerprint density at radius 3 is 2.79 bits per heavy atom. The van der Waals surface area contributed by atoms with Gasteiger partial charge in [-0.25, -0.2) is 4.98 Å². The van der Waals surface area contributed by atoms with Crippen molar-refractivity contribution in [2.24, 2.45) is 0 Å². The van der Waals surface area contributed by atoms with E-state index in [4.69, 9.17) is 16.3 Å². The highest BCUT2D eigenvalue weighted by atomic mass is 35.5. The number of aliphatic hydroxyl groups is 1. The molecule has 0 bridgehead atoms. The van der Waals surface area contributed by atoms with Crippen LogP contribution >= 0.6 is 11.6 Å². The predicted octanol–water partition coefficient (Wildman–Crippen LogP) is 1.73. The van der Waals surface area contributed by atoms with Crippen LogP contribution in [0, 0.1) is 0 Å². The van der Waals surface area contributed by atoms with Gasteiger partial charge >= 0.3 is 0 Å². The topological polar surface area (TPSA) is 42.4 Å². The third-order valence-electron chi connectivity index (χ3n) is 2.58. The summed E-state index contributed by atoms with van der Waals surface area (Å²) in [4.78, 5) is 3.89. The molecule has 0 atom stereocenters. The van der Waals surface area contributed by atoms with Crippen LogP contribution in [0.25, 0.3) is 0 Å². The van der Waals surface area contributed by atoms with Gasteiger partial charge in [-0.3, -0.25) is 0 Å². The second-order valence-corrected chi connectivity index (χ2v) is 3.90. The minimum atomic E-state index is -0.787. The maximum absolute atomic E-state index is 10.3. The number of ether oxygens (including phenoxy) is 1. The van der Waals surface area contributed by atoms with Crippen molar-refractivity contribution < 1.29 is 9.84 Å². The van der Waals surface area contributed by atoms with Gasteiger partial charge in [0, 0.05) is 32.3 Å². The van der Waals surface area contributed by atoms with E-state index in [1.165, 1.54) is 0 Å². The van der Waals surface area contributed by atoms with Gasteiger partial charge in [0.05, 0.1) is 5.60 Å². The van der Waals surface area contributed by atoms with Crippen LogP contribution < -0.4 is 0 Å². The molecule has 4 heteroatoms. The van der Waals surface area contributed by atoms with Crippen molar-refractivity contribution in [2.45, 2.75) is 18.4 Å². The third-order valence-corrected chi connectivity index (χ3v) is 2.79. The summed E-state index contributed by atoms with van der Waals surface area (Å²) in [5.41, 5.74) is 0.0472. The number of hydrogen-bond acceptors (Lipinski definition) is 3. The number of halogens is 1. The first-order valence-electron chi connectivity index (χ1n) is 4.63. The van der Waals surface area contributed by atoms with Gasteiger partial charge in [0.1, 0.15) is 5.15 Å². The minimum absolute atomic E-state index is 0.419. The van der Waals surface area contributed by atoms with Crippen LogP contribution in [-0.4, -0.2) is 23.3 Å². The van der Waals surface area contributed by atoms with Gasteiger partial charge in [0.25, 0.3) is 0 Å². The van der Waals surface area contributed by atoms with Crippen LogP contribution in [0.1, 0.15) is 18.4 Å². The van der Waals surface area contributed by atoms with Crippen LogP contribution in [0.3, 0.4) is 0 Å². The molecule has 0 radical (unpaired) electrons. The van der Waals surface area contributed by atoms with Crippen LogP contribution in [0.4, 0.5) is 0 Å². The Kier molecular flexibility index (Phi) is 2.72. The molecule has 14 heavy (non-hydrogen) atoms. The smallest absolute Gasteiger partial charge is 0.129 e. The van der Waals surface area contributed by atoms with Gasteiger partial charge in [-0.2, -0.15) is 0 Å². The van der Waals surface area contributed by atoms with Gasteiger partial charge in [-0.05, 0) is 17.7 Å². The maximum Gasteiger partial charge on any atom is 0.129 e. The van der Waals surface area contributed by atoms with E-state index in [-0.39, 0.29) is 0 Å². The Balaban J connectivity index is 2.28. The summed E-state index contributed by atoms with van der Waals surface area (Å²) in [5, 5.41) is 10.7. The quantitative estimate of drug-likeness (QED) is 0.723. The summed E-state index contributed by atoms with van der Waals surface area (Å²) in [7, 11) is 0. The van der Waals surface area contributed by atoms with Crippen molar-refractivity contribution in [1.29, 1.82) is 0 Å². The molecule has 0 saturated carbocycles. The molecule has 1 N–H and O–H groups in total. The second kappa shape index (κ2) is 3.85. The van der Waals surface area contributed by atoms with Crippen molar-refractivity contribution in [3.8, 4) is 0 Å². The lowest BCUT2D eigenvalue weighted by atomic mass is 9.87. The number of nitrogens with zero attached hydrogens (tertiary/aromatic N) is 1. The number of rotatable bonds is 1. The SMILES string of the molecule is OC1(c2ccnc(Cl)c2)CCOCC1. The molecule has 76 valence electrons. The highest BCUT2D eigenvalue weighted by Gasteiger charge is 2.31. The van der Waals surface area contributed by atoms with E-state index in [0.717, 1.165) is 5.56 Å². The molecule has 1 aromatic rings. The first-order chi connectivity index (χ1) is 6.71. The van der Waals surface area contributed by atoms with Crippen LogP contribution in [-0.2, 0) is 10.3 Å². The van der Waals surface area contributed by atoms with Gasteiger partial charge in [0.2, 0.25) is 0 Å². The zero-order valence-corrected chi connectivity index (χ0v) is 8.50. The molecule has 1 aliphatic rings. The fourth-order valence-electron chi connectivity index (χ4n) is 1.69. The molecule has 0 aromatic carbocycles. The monoisotopic (exact) mass is 213 g/mol. The molecule has 1 fully saturated rings. The summed E-state index contributed by atoms with van der Waals surface area (Å²) >= 11 is 5.77. The lowest BCUT2D eigenvalue weighted by Crippen LogP contribution is -2.33. The molecular weight excluding hydrogens is 202 g/mol. The fraction of sp³-hybridized carbons (Fsp3) is 0.500. The van der Waals surface area contributed by atoms with Crippen LogP contribution in [0.15, 0.2) is 18.3 Å². The summed E-state index contributed by atoms with van der Waals surface area (Å²) in [6.07, 6.45) is 2.85. The van der Waals surface area contributed by atoms with E-state index in [0.29, 0.717) is 31.2 Å². The minimum Gasteiger partial charge on any atom is -0.385 e. The number of pyridine rings is 1. The van der Waals surface area contributed by atoms with Crippen molar-refractivity contribution in [2.75, 3.05) is 13.2 Å². The molecule has 0 aliphatic carbocycles. The van der Waals surface area contributed by atoms with E-state index in [1.807, 2.05) is 0 Å². The Hall–Kier alpha value is -0.640. The molecule has 1 aromatic heterocycles. The Labute approximate surface area is 87.7 Å². The summed E-state index contributed by atoms with van der Waals surface area (Å²) in [5.74, 6) is 0. The zero-order chi connectivity index (χ0) is 10.0. The lowest BCUT2D eigenvalue weighted by Gasteiger charge is -2.32. The Bertz CT molecular complexity index is 324. The van der Waals surface area contributed by atoms with Crippen LogP contribution in [0.2, 0.25) is 5.15 Å². The maximum atomic E-state index is 10.3. The van der Waals surface area contributed by atoms with Crippen LogP contribution in [0.5, 0.6) is 0 Å². The molecule has 1 saturated heterocycles. The molecule has 2 heterocycles. The summed E-state index contributed by atoms with van der Waals surface area (Å²) < 4.78 is 5.21. The molecule has 0 amide bonds. The van der Waals surface area contributed by atoms with Gasteiger partial charge in [-0.1, -0.05) is 11.6 Å². The second-order valence-electron chi connectivity index (χ2n) is 3.51. The molecule has 0 unspecified atom stereocenters. The van der Waals surface area contributed by atoms with Crippen molar-refractivity contribution in [1.82, 2.24) is 4.98 Å². The molecule has 3 nitrogen and oxygen atoms in total. The van der Waals surface area contributed by atoms with Crippen molar-refractivity contribution in [3.63, 3.8) is 0 Å². The van der Waals surface area contributed by atoms with E-state index in [1.54, 1.807) is 18.3 Å². The van der Waals surface area contributed by atoms with E-state index < -0.39 is 5.60 Å². The Morgan fingerprint density at radius 2 is 2.14 bits per heavy atom. The highest BCUT2D eigenvalue weighted by Crippen LogP contribution is 2.32. The zero-order valence-electron chi connectivity index (χ0n) is 7.74. The number of hydrogen-bond donors (Lipinski definition) is 1. The van der Waals surface area contributed by atoms with Gasteiger partial charge in [-0.15, -0.1) is 0 Å². The Morgan fingerprint density at radius 1 is 1.43 bits per heavy atom. The predicted molar refractivity (Wildman–Crippen MR) is 53.2 cm³/mol. The summed E-state index contributed by atoms with van der Waals surface area (Å²) in [6.45, 7) is 1.19. The molecule has 2 rings (SSSR count). The highest BCUT2D eigenvalue weighted by molar-refractivity contribution is 6.29. The van der Waals surface area contributed by atoms with E-state index >= 15 is 0 Å². The molecular formula is C10H12ClNO2. The average Bonchev–Trinajstić information content (AvgIpc) is 2.19. The normalized spacial score (nSPS) is 20.7. The number of aromatic nitrogens is 1. The average molecular weight is 214 g/mol. The standard InChI is InChI=1S/C10H12ClNO2/c11-9-7-8(1-4-12-9)10(13)2-5-14-6-3-10/h1,4,7,13H,2-3,5-6H2. The van der Waals surface area contributed by atoms with E-state index in [2.05, 4.69) is 4.98 Å².